The van der Waals surface area contributed by atoms with Crippen molar-refractivity contribution in [3.63, 3.8) is 0 Å². The number of halogens is 1. The molecule has 1 heterocycles. The minimum absolute atomic E-state index is 0.162. The smallest absolute Gasteiger partial charge is 0.258 e. The van der Waals surface area contributed by atoms with Crippen LogP contribution in [0.25, 0.3) is 5.69 Å². The van der Waals surface area contributed by atoms with Gasteiger partial charge in [-0.25, -0.2) is 9.07 Å². The molecule has 3 rings (SSSR count). The zero-order valence-electron chi connectivity index (χ0n) is 15.0. The van der Waals surface area contributed by atoms with Crippen molar-refractivity contribution < 1.29 is 14.0 Å². The molecule has 0 radical (unpaired) electrons. The molecular weight excluding hydrogens is 347 g/mol. The van der Waals surface area contributed by atoms with Crippen LogP contribution in [0.2, 0.25) is 0 Å². The molecule has 0 saturated carbocycles. The maximum Gasteiger partial charge on any atom is 0.258 e. The summed E-state index contributed by atoms with van der Waals surface area (Å²) in [5.41, 5.74) is 2.43. The highest BCUT2D eigenvalue weighted by Crippen LogP contribution is 2.18. The van der Waals surface area contributed by atoms with Crippen molar-refractivity contribution in [1.29, 1.82) is 0 Å². The maximum atomic E-state index is 13.8. The number of hydrogen-bond acceptors (Lipinski definition) is 3. The van der Waals surface area contributed by atoms with E-state index >= 15 is 0 Å². The summed E-state index contributed by atoms with van der Waals surface area (Å²) in [5.74, 6) is -0.958. The van der Waals surface area contributed by atoms with Crippen LogP contribution in [-0.2, 0) is 0 Å². The quantitative estimate of drug-likeness (QED) is 0.727. The van der Waals surface area contributed by atoms with E-state index in [-0.39, 0.29) is 17.5 Å². The van der Waals surface area contributed by atoms with Gasteiger partial charge in [0.05, 0.1) is 11.8 Å². The van der Waals surface area contributed by atoms with Crippen LogP contribution in [-0.4, -0.2) is 28.1 Å². The van der Waals surface area contributed by atoms with E-state index in [9.17, 15) is 14.0 Å². The lowest BCUT2D eigenvalue weighted by Gasteiger charge is -2.09. The van der Waals surface area contributed by atoms with E-state index in [1.807, 2.05) is 6.92 Å². The average molecular weight is 366 g/mol. The molecule has 138 valence electrons. The summed E-state index contributed by atoms with van der Waals surface area (Å²) in [6.45, 7) is 4.20. The van der Waals surface area contributed by atoms with Gasteiger partial charge in [0.2, 0.25) is 0 Å². The number of nitrogens with one attached hydrogen (secondary N) is 2. The highest BCUT2D eigenvalue weighted by atomic mass is 19.1. The molecule has 6 nitrogen and oxygen atoms in total. The molecular formula is C20H19FN4O2. The van der Waals surface area contributed by atoms with Gasteiger partial charge in [-0.05, 0) is 49.7 Å². The molecule has 3 aromatic rings. The number of carbonyl (C=O) groups excluding carboxylic acids is 2. The van der Waals surface area contributed by atoms with Crippen LogP contribution in [0.3, 0.4) is 0 Å². The van der Waals surface area contributed by atoms with Gasteiger partial charge in [-0.1, -0.05) is 12.1 Å². The third-order valence-electron chi connectivity index (χ3n) is 4.02. The Morgan fingerprint density at radius 2 is 1.89 bits per heavy atom. The molecule has 0 unspecified atom stereocenters. The summed E-state index contributed by atoms with van der Waals surface area (Å²) >= 11 is 0. The van der Waals surface area contributed by atoms with E-state index in [1.54, 1.807) is 43.3 Å². The van der Waals surface area contributed by atoms with Crippen molar-refractivity contribution in [2.45, 2.75) is 13.8 Å². The van der Waals surface area contributed by atoms with E-state index in [2.05, 4.69) is 15.7 Å². The Labute approximate surface area is 156 Å². The number of para-hydroxylation sites is 1. The Balaban J connectivity index is 1.76. The number of aromatic nitrogens is 2. The number of anilines is 1. The first-order valence-corrected chi connectivity index (χ1v) is 8.49. The van der Waals surface area contributed by atoms with Gasteiger partial charge in [0.25, 0.3) is 11.8 Å². The second-order valence-corrected chi connectivity index (χ2v) is 5.97. The first-order chi connectivity index (χ1) is 13.0. The van der Waals surface area contributed by atoms with Crippen LogP contribution < -0.4 is 10.6 Å². The second-order valence-electron chi connectivity index (χ2n) is 5.97. The minimum atomic E-state index is -0.427. The molecule has 0 fully saturated rings. The molecule has 7 heteroatoms. The Kier molecular flexibility index (Phi) is 5.30. The number of nitrogens with zero attached hydrogens (tertiary/aromatic N) is 2. The topological polar surface area (TPSA) is 76.0 Å². The van der Waals surface area contributed by atoms with E-state index in [4.69, 9.17) is 0 Å². The van der Waals surface area contributed by atoms with E-state index in [1.165, 1.54) is 23.1 Å². The Bertz CT molecular complexity index is 997. The average Bonchev–Trinajstić information content (AvgIpc) is 3.14. The Morgan fingerprint density at radius 1 is 1.11 bits per heavy atom. The summed E-state index contributed by atoms with van der Waals surface area (Å²) in [6.07, 6.45) is 2.84. The standard InChI is InChI=1S/C20H19FN4O2/c1-3-22-19(26)14-8-9-17(13(2)10-14)24-20(27)15-11-23-25(12-15)18-7-5-4-6-16(18)21/h4-12H,3H2,1-2H3,(H,22,26)(H,24,27). The van der Waals surface area contributed by atoms with Crippen LogP contribution in [0.1, 0.15) is 33.2 Å². The maximum absolute atomic E-state index is 13.8. The predicted octanol–water partition coefficient (Wildman–Crippen LogP) is 3.32. The zero-order valence-corrected chi connectivity index (χ0v) is 15.0. The van der Waals surface area contributed by atoms with Gasteiger partial charge >= 0.3 is 0 Å². The van der Waals surface area contributed by atoms with Crippen LogP contribution in [0, 0.1) is 12.7 Å². The number of aryl methyl sites for hydroxylation is 1. The van der Waals surface area contributed by atoms with Crippen LogP contribution in [0.4, 0.5) is 10.1 Å². The fourth-order valence-electron chi connectivity index (χ4n) is 2.61. The Morgan fingerprint density at radius 3 is 2.59 bits per heavy atom. The van der Waals surface area contributed by atoms with Crippen molar-refractivity contribution in [1.82, 2.24) is 15.1 Å². The largest absolute Gasteiger partial charge is 0.352 e. The van der Waals surface area contributed by atoms with E-state index in [0.717, 1.165) is 5.56 Å². The summed E-state index contributed by atoms with van der Waals surface area (Å²) in [7, 11) is 0. The molecule has 2 N–H and O–H groups in total. The molecule has 1 aromatic heterocycles. The van der Waals surface area contributed by atoms with Gasteiger partial charge < -0.3 is 10.6 Å². The molecule has 0 atom stereocenters. The highest BCUT2D eigenvalue weighted by molar-refractivity contribution is 6.04. The monoisotopic (exact) mass is 366 g/mol. The van der Waals surface area contributed by atoms with Crippen molar-refractivity contribution in [2.24, 2.45) is 0 Å². The van der Waals surface area contributed by atoms with E-state index in [0.29, 0.717) is 23.4 Å². The number of rotatable bonds is 5. The molecule has 27 heavy (non-hydrogen) atoms. The highest BCUT2D eigenvalue weighted by Gasteiger charge is 2.13. The lowest BCUT2D eigenvalue weighted by Crippen LogP contribution is -2.22. The molecule has 0 spiro atoms. The number of carbonyl (C=O) groups is 2. The molecule has 0 saturated heterocycles. The van der Waals surface area contributed by atoms with Crippen molar-refractivity contribution >= 4 is 17.5 Å². The van der Waals surface area contributed by atoms with E-state index < -0.39 is 5.82 Å². The van der Waals surface area contributed by atoms with Crippen molar-refractivity contribution in [3.05, 3.63) is 77.4 Å². The van der Waals surface area contributed by atoms with Crippen LogP contribution in [0.15, 0.2) is 54.9 Å². The molecule has 0 aliphatic carbocycles. The minimum Gasteiger partial charge on any atom is -0.352 e. The van der Waals surface area contributed by atoms with Gasteiger partial charge in [0, 0.05) is 24.0 Å². The van der Waals surface area contributed by atoms with Gasteiger partial charge in [0.1, 0.15) is 11.5 Å². The predicted molar refractivity (Wildman–Crippen MR) is 101 cm³/mol. The third kappa shape index (κ3) is 4.03. The molecule has 0 aliphatic heterocycles. The van der Waals surface area contributed by atoms with Crippen molar-refractivity contribution in [2.75, 3.05) is 11.9 Å². The first-order valence-electron chi connectivity index (χ1n) is 8.49. The molecule has 2 aromatic carbocycles. The summed E-state index contributed by atoms with van der Waals surface area (Å²) in [5, 5.41) is 9.57. The molecule has 2 amide bonds. The normalized spacial score (nSPS) is 10.5. The lowest BCUT2D eigenvalue weighted by atomic mass is 10.1. The number of amides is 2. The lowest BCUT2D eigenvalue weighted by molar-refractivity contribution is 0.0955. The first kappa shape index (κ1) is 18.3. The number of benzene rings is 2. The fraction of sp³-hybridized carbons (Fsp3) is 0.150. The number of hydrogen-bond donors (Lipinski definition) is 2. The van der Waals surface area contributed by atoms with Gasteiger partial charge in [-0.15, -0.1) is 0 Å². The van der Waals surface area contributed by atoms with Gasteiger partial charge in [-0.2, -0.15) is 5.10 Å². The summed E-state index contributed by atoms with van der Waals surface area (Å²) in [6, 6.07) is 11.2. The summed E-state index contributed by atoms with van der Waals surface area (Å²) < 4.78 is 15.2. The molecule has 0 aliphatic rings. The Hall–Kier alpha value is -3.48. The van der Waals surface area contributed by atoms with Crippen molar-refractivity contribution in [3.8, 4) is 5.69 Å². The SMILES string of the molecule is CCNC(=O)c1ccc(NC(=O)c2cnn(-c3ccccc3F)c2)c(C)c1. The van der Waals surface area contributed by atoms with Gasteiger partial charge in [0.15, 0.2) is 0 Å². The zero-order chi connectivity index (χ0) is 19.4. The van der Waals surface area contributed by atoms with Crippen LogP contribution >= 0.6 is 0 Å². The fourth-order valence-corrected chi connectivity index (χ4v) is 2.61. The second kappa shape index (κ2) is 7.82. The van der Waals surface area contributed by atoms with Gasteiger partial charge in [-0.3, -0.25) is 9.59 Å². The third-order valence-corrected chi connectivity index (χ3v) is 4.02. The van der Waals surface area contributed by atoms with Crippen LogP contribution in [0.5, 0.6) is 0 Å². The molecule has 0 bridgehead atoms. The summed E-state index contributed by atoms with van der Waals surface area (Å²) in [4.78, 5) is 24.4.